The van der Waals surface area contributed by atoms with Crippen LogP contribution in [0.25, 0.3) is 22.6 Å². The molecule has 34 heavy (non-hydrogen) atoms. The SMILES string of the molecule is CN1CCC(O)(c2cc(-c3cccc(-c4ncc(NC5CCOC5)c(C(N)=O)n4)c3)no2)C1=O. The zero-order valence-corrected chi connectivity index (χ0v) is 18.5. The van der Waals surface area contributed by atoms with E-state index in [1.54, 1.807) is 37.5 Å². The van der Waals surface area contributed by atoms with Gasteiger partial charge in [0.15, 0.2) is 17.3 Å². The Hall–Kier alpha value is -3.83. The summed E-state index contributed by atoms with van der Waals surface area (Å²) < 4.78 is 10.7. The third-order valence-electron chi connectivity index (χ3n) is 6.16. The molecule has 3 aromatic rings. The van der Waals surface area contributed by atoms with Gasteiger partial charge in [-0.15, -0.1) is 0 Å². The van der Waals surface area contributed by atoms with Crippen molar-refractivity contribution in [3.8, 4) is 22.6 Å². The molecule has 0 aliphatic carbocycles. The van der Waals surface area contributed by atoms with Crippen LogP contribution in [0.4, 0.5) is 5.69 Å². The average Bonchev–Trinajstić information content (AvgIpc) is 3.59. The number of nitrogens with one attached hydrogen (secondary N) is 1. The summed E-state index contributed by atoms with van der Waals surface area (Å²) in [6, 6.07) is 8.80. The number of likely N-dealkylation sites (tertiary alicyclic amines) is 1. The number of nitrogens with zero attached hydrogens (tertiary/aromatic N) is 4. The quantitative estimate of drug-likeness (QED) is 0.487. The molecule has 2 fully saturated rings. The van der Waals surface area contributed by atoms with E-state index in [-0.39, 0.29) is 23.9 Å². The fourth-order valence-corrected chi connectivity index (χ4v) is 4.19. The van der Waals surface area contributed by atoms with Crippen LogP contribution >= 0.6 is 0 Å². The molecule has 176 valence electrons. The first-order valence-electron chi connectivity index (χ1n) is 10.9. The summed E-state index contributed by atoms with van der Waals surface area (Å²) in [5.41, 5.74) is 6.17. The molecule has 2 amide bonds. The van der Waals surface area contributed by atoms with E-state index in [9.17, 15) is 14.7 Å². The summed E-state index contributed by atoms with van der Waals surface area (Å²) >= 11 is 0. The van der Waals surface area contributed by atoms with Crippen molar-refractivity contribution in [3.05, 3.63) is 48.0 Å². The Morgan fingerprint density at radius 1 is 1.32 bits per heavy atom. The lowest BCUT2D eigenvalue weighted by molar-refractivity contribution is -0.144. The van der Waals surface area contributed by atoms with E-state index in [1.807, 2.05) is 6.07 Å². The van der Waals surface area contributed by atoms with Gasteiger partial charge in [0, 0.05) is 43.8 Å². The summed E-state index contributed by atoms with van der Waals surface area (Å²) in [6.45, 7) is 1.62. The van der Waals surface area contributed by atoms with Gasteiger partial charge in [0.25, 0.3) is 11.8 Å². The standard InChI is InChI=1S/C23H24N6O5/c1-29-7-6-23(32,22(29)31)18-10-16(28-34-18)13-3-2-4-14(9-13)21-25-11-17(19(27-21)20(24)30)26-15-5-8-33-12-15/h2-4,9-11,15,26,32H,5-8,12H2,1H3,(H2,24,30). The van der Waals surface area contributed by atoms with Crippen LogP contribution in [0.3, 0.4) is 0 Å². The van der Waals surface area contributed by atoms with Gasteiger partial charge in [0.05, 0.1) is 24.5 Å². The summed E-state index contributed by atoms with van der Waals surface area (Å²) in [6.07, 6.45) is 2.59. The average molecular weight is 464 g/mol. The second-order valence-corrected chi connectivity index (χ2v) is 8.52. The van der Waals surface area contributed by atoms with E-state index >= 15 is 0 Å². The van der Waals surface area contributed by atoms with E-state index in [0.29, 0.717) is 48.1 Å². The van der Waals surface area contributed by atoms with Gasteiger partial charge in [-0.3, -0.25) is 9.59 Å². The van der Waals surface area contributed by atoms with E-state index < -0.39 is 17.4 Å². The fraction of sp³-hybridized carbons (Fsp3) is 0.348. The van der Waals surface area contributed by atoms with Gasteiger partial charge in [-0.1, -0.05) is 23.4 Å². The Morgan fingerprint density at radius 2 is 2.15 bits per heavy atom. The van der Waals surface area contributed by atoms with Gasteiger partial charge in [0.1, 0.15) is 5.69 Å². The Balaban J connectivity index is 1.43. The molecule has 0 radical (unpaired) electrons. The van der Waals surface area contributed by atoms with Crippen LogP contribution < -0.4 is 11.1 Å². The molecule has 2 aromatic heterocycles. The number of anilines is 1. The second kappa shape index (κ2) is 8.50. The van der Waals surface area contributed by atoms with Crippen molar-refractivity contribution in [2.75, 3.05) is 32.1 Å². The Bertz CT molecular complexity index is 1250. The van der Waals surface area contributed by atoms with Crippen LogP contribution in [0, 0.1) is 0 Å². The van der Waals surface area contributed by atoms with Crippen LogP contribution in [0.5, 0.6) is 0 Å². The third kappa shape index (κ3) is 3.88. The van der Waals surface area contributed by atoms with Crippen molar-refractivity contribution in [2.45, 2.75) is 24.5 Å². The molecule has 1 aromatic carbocycles. The molecule has 2 saturated heterocycles. The topological polar surface area (TPSA) is 157 Å². The number of ether oxygens (including phenoxy) is 1. The zero-order valence-electron chi connectivity index (χ0n) is 18.5. The number of amides is 2. The van der Waals surface area contributed by atoms with Crippen LogP contribution in [0.1, 0.15) is 29.1 Å². The monoisotopic (exact) mass is 464 g/mol. The van der Waals surface area contributed by atoms with Crippen LogP contribution in [-0.4, -0.2) is 69.8 Å². The number of carbonyl (C=O) groups is 2. The molecule has 4 N–H and O–H groups in total. The van der Waals surface area contributed by atoms with E-state index in [1.165, 1.54) is 4.90 Å². The number of aliphatic hydroxyl groups is 1. The van der Waals surface area contributed by atoms with Crippen molar-refractivity contribution >= 4 is 17.5 Å². The number of carbonyl (C=O) groups excluding carboxylic acids is 2. The lowest BCUT2D eigenvalue weighted by Crippen LogP contribution is -2.35. The largest absolute Gasteiger partial charge is 0.379 e. The van der Waals surface area contributed by atoms with E-state index in [0.717, 1.165) is 6.42 Å². The maximum absolute atomic E-state index is 12.4. The van der Waals surface area contributed by atoms with Crippen molar-refractivity contribution < 1.29 is 24.0 Å². The van der Waals surface area contributed by atoms with Crippen LogP contribution in [-0.2, 0) is 15.1 Å². The molecule has 0 bridgehead atoms. The number of aromatic nitrogens is 3. The molecule has 2 aliphatic rings. The zero-order chi connectivity index (χ0) is 23.9. The first kappa shape index (κ1) is 22.0. The highest BCUT2D eigenvalue weighted by Crippen LogP contribution is 2.35. The number of rotatable bonds is 6. The molecular weight excluding hydrogens is 440 g/mol. The maximum Gasteiger partial charge on any atom is 0.269 e. The van der Waals surface area contributed by atoms with Crippen molar-refractivity contribution in [2.24, 2.45) is 5.73 Å². The molecule has 11 nitrogen and oxygen atoms in total. The molecule has 2 aliphatic heterocycles. The number of benzene rings is 1. The van der Waals surface area contributed by atoms with Gasteiger partial charge < -0.3 is 30.3 Å². The van der Waals surface area contributed by atoms with Crippen LogP contribution in [0.2, 0.25) is 0 Å². The number of nitrogens with two attached hydrogens (primary N) is 1. The highest BCUT2D eigenvalue weighted by Gasteiger charge is 2.48. The predicted molar refractivity (Wildman–Crippen MR) is 120 cm³/mol. The second-order valence-electron chi connectivity index (χ2n) is 8.52. The molecular formula is C23H24N6O5. The number of hydrogen-bond donors (Lipinski definition) is 3. The highest BCUT2D eigenvalue weighted by molar-refractivity contribution is 5.96. The molecule has 11 heteroatoms. The minimum absolute atomic E-state index is 0.0681. The highest BCUT2D eigenvalue weighted by atomic mass is 16.5. The van der Waals surface area contributed by atoms with Crippen molar-refractivity contribution in [1.29, 1.82) is 0 Å². The normalized spacial score (nSPS) is 22.4. The Kier molecular flexibility index (Phi) is 5.50. The Morgan fingerprint density at radius 3 is 2.85 bits per heavy atom. The van der Waals surface area contributed by atoms with Gasteiger partial charge in [0.2, 0.25) is 5.60 Å². The first-order valence-corrected chi connectivity index (χ1v) is 10.9. The maximum atomic E-state index is 12.4. The van der Waals surface area contributed by atoms with Gasteiger partial charge in [-0.05, 0) is 12.5 Å². The summed E-state index contributed by atoms with van der Waals surface area (Å²) in [5.74, 6) is -0.671. The smallest absolute Gasteiger partial charge is 0.269 e. The summed E-state index contributed by atoms with van der Waals surface area (Å²) in [7, 11) is 1.63. The van der Waals surface area contributed by atoms with Crippen molar-refractivity contribution in [1.82, 2.24) is 20.0 Å². The summed E-state index contributed by atoms with van der Waals surface area (Å²) in [5, 5.41) is 18.1. The fourth-order valence-electron chi connectivity index (χ4n) is 4.19. The lowest BCUT2D eigenvalue weighted by Gasteiger charge is -2.16. The predicted octanol–water partition coefficient (Wildman–Crippen LogP) is 1.15. The minimum atomic E-state index is -1.72. The molecule has 4 heterocycles. The Labute approximate surface area is 194 Å². The van der Waals surface area contributed by atoms with Crippen LogP contribution in [0.15, 0.2) is 41.1 Å². The summed E-state index contributed by atoms with van der Waals surface area (Å²) in [4.78, 5) is 34.7. The van der Waals surface area contributed by atoms with Crippen molar-refractivity contribution in [3.63, 3.8) is 0 Å². The van der Waals surface area contributed by atoms with Gasteiger partial charge in [-0.25, -0.2) is 9.97 Å². The molecule has 2 atom stereocenters. The van der Waals surface area contributed by atoms with E-state index in [4.69, 9.17) is 15.0 Å². The number of likely N-dealkylation sites (N-methyl/N-ethyl adjacent to an activating group) is 1. The lowest BCUT2D eigenvalue weighted by atomic mass is 9.98. The minimum Gasteiger partial charge on any atom is -0.379 e. The molecule has 0 saturated carbocycles. The van der Waals surface area contributed by atoms with Gasteiger partial charge in [-0.2, -0.15) is 0 Å². The van der Waals surface area contributed by atoms with Gasteiger partial charge >= 0.3 is 0 Å². The van der Waals surface area contributed by atoms with E-state index in [2.05, 4.69) is 20.4 Å². The molecule has 0 spiro atoms. The number of primary amides is 1. The third-order valence-corrected chi connectivity index (χ3v) is 6.16. The first-order chi connectivity index (χ1) is 16.3. The number of hydrogen-bond acceptors (Lipinski definition) is 9. The molecule has 2 unspecified atom stereocenters. The molecule has 5 rings (SSSR count).